The van der Waals surface area contributed by atoms with Gasteiger partial charge >= 0.3 is 0 Å². The molecule has 2 amide bonds. The fraction of sp³-hybridized carbons (Fsp3) is 0.455. The Morgan fingerprint density at radius 2 is 1.93 bits per heavy atom. The summed E-state index contributed by atoms with van der Waals surface area (Å²) in [6, 6.07) is 6.21. The van der Waals surface area contributed by atoms with Crippen molar-refractivity contribution in [3.8, 4) is 0 Å². The molecule has 3 rings (SSSR count). The third-order valence-corrected chi connectivity index (χ3v) is 6.35. The monoisotopic (exact) mass is 384 g/mol. The highest BCUT2D eigenvalue weighted by Gasteiger charge is 2.37. The van der Waals surface area contributed by atoms with E-state index >= 15 is 0 Å². The Morgan fingerprint density at radius 1 is 1.22 bits per heavy atom. The van der Waals surface area contributed by atoms with Crippen molar-refractivity contribution < 1.29 is 9.59 Å². The third-order valence-electron chi connectivity index (χ3n) is 5.47. The summed E-state index contributed by atoms with van der Waals surface area (Å²) < 4.78 is 0. The van der Waals surface area contributed by atoms with E-state index in [1.165, 1.54) is 21.7 Å². The van der Waals surface area contributed by atoms with E-state index in [4.69, 9.17) is 0 Å². The van der Waals surface area contributed by atoms with Crippen molar-refractivity contribution in [3.05, 3.63) is 40.3 Å². The Morgan fingerprint density at radius 3 is 2.56 bits per heavy atom. The number of amides is 2. The average molecular weight is 385 g/mol. The van der Waals surface area contributed by atoms with E-state index in [2.05, 4.69) is 50.8 Å². The average Bonchev–Trinajstić information content (AvgIpc) is 2.88. The molecule has 1 fully saturated rings. The van der Waals surface area contributed by atoms with E-state index in [0.717, 1.165) is 30.3 Å². The standard InChI is InChI=1S/C22H28N2O2S/c1-7-15(4)24-20(25)19(27-21(24)26)12-16-9-10-18-17(11-16)14(3)13-22(5,6)23(18)8-2/h9-13,15H,7-8H2,1-6H3/b19-12-. The quantitative estimate of drug-likeness (QED) is 0.639. The van der Waals surface area contributed by atoms with Gasteiger partial charge in [-0.3, -0.25) is 14.5 Å². The molecule has 0 bridgehead atoms. The largest absolute Gasteiger partial charge is 0.363 e. The number of thioether (sulfide) groups is 1. The summed E-state index contributed by atoms with van der Waals surface area (Å²) in [7, 11) is 0. The number of hydrogen-bond acceptors (Lipinski definition) is 4. The molecule has 4 nitrogen and oxygen atoms in total. The molecular weight excluding hydrogens is 356 g/mol. The zero-order valence-electron chi connectivity index (χ0n) is 17.0. The van der Waals surface area contributed by atoms with Gasteiger partial charge < -0.3 is 4.90 Å². The van der Waals surface area contributed by atoms with Crippen LogP contribution < -0.4 is 4.90 Å². The highest BCUT2D eigenvalue weighted by molar-refractivity contribution is 8.18. The first kappa shape index (κ1) is 19.7. The van der Waals surface area contributed by atoms with Crippen molar-refractivity contribution >= 4 is 40.2 Å². The molecule has 1 aromatic rings. The van der Waals surface area contributed by atoms with Gasteiger partial charge in [-0.05, 0) is 82.1 Å². The van der Waals surface area contributed by atoms with E-state index < -0.39 is 0 Å². The van der Waals surface area contributed by atoms with Gasteiger partial charge in [-0.15, -0.1) is 0 Å². The van der Waals surface area contributed by atoms with Gasteiger partial charge in [0.2, 0.25) is 0 Å². The molecule has 2 aliphatic rings. The number of anilines is 1. The molecule has 1 saturated heterocycles. The van der Waals surface area contributed by atoms with Crippen molar-refractivity contribution in [2.75, 3.05) is 11.4 Å². The second kappa shape index (κ2) is 7.19. The Hall–Kier alpha value is -2.01. The van der Waals surface area contributed by atoms with Crippen molar-refractivity contribution in [1.29, 1.82) is 0 Å². The summed E-state index contributed by atoms with van der Waals surface area (Å²) in [6.45, 7) is 13.6. The molecule has 0 aromatic heterocycles. The molecule has 1 unspecified atom stereocenters. The topological polar surface area (TPSA) is 40.6 Å². The number of rotatable bonds is 4. The smallest absolute Gasteiger partial charge is 0.293 e. The number of hydrogen-bond donors (Lipinski definition) is 0. The Balaban J connectivity index is 1.97. The van der Waals surface area contributed by atoms with Crippen LogP contribution in [0.25, 0.3) is 11.6 Å². The Kier molecular flexibility index (Phi) is 5.26. The van der Waals surface area contributed by atoms with Crippen LogP contribution in [0.3, 0.4) is 0 Å². The summed E-state index contributed by atoms with van der Waals surface area (Å²) in [5, 5.41) is -0.173. The van der Waals surface area contributed by atoms with Crippen LogP contribution >= 0.6 is 11.8 Å². The maximum Gasteiger partial charge on any atom is 0.293 e. The van der Waals surface area contributed by atoms with Gasteiger partial charge in [0.05, 0.1) is 10.4 Å². The molecule has 27 heavy (non-hydrogen) atoms. The molecule has 0 aliphatic carbocycles. The van der Waals surface area contributed by atoms with Crippen molar-refractivity contribution in [2.45, 2.75) is 59.5 Å². The molecule has 0 N–H and O–H groups in total. The van der Waals surface area contributed by atoms with Crippen LogP contribution in [0.15, 0.2) is 29.2 Å². The van der Waals surface area contributed by atoms with E-state index in [1.807, 2.05) is 26.0 Å². The first-order valence-corrected chi connectivity index (χ1v) is 10.4. The lowest BCUT2D eigenvalue weighted by Gasteiger charge is -2.42. The minimum absolute atomic E-state index is 0.0215. The first-order chi connectivity index (χ1) is 12.7. The van der Waals surface area contributed by atoms with Crippen LogP contribution in [0.1, 0.15) is 59.1 Å². The van der Waals surface area contributed by atoms with Gasteiger partial charge in [-0.25, -0.2) is 0 Å². The molecule has 144 valence electrons. The number of allylic oxidation sites excluding steroid dienone is 1. The fourth-order valence-corrected chi connectivity index (χ4v) is 4.89. The number of nitrogens with zero attached hydrogens (tertiary/aromatic N) is 2. The molecule has 2 heterocycles. The van der Waals surface area contributed by atoms with E-state index in [-0.39, 0.29) is 22.7 Å². The Bertz CT molecular complexity index is 854. The lowest BCUT2D eigenvalue weighted by Crippen LogP contribution is -2.44. The summed E-state index contributed by atoms with van der Waals surface area (Å²) in [6.07, 6.45) is 4.90. The lowest BCUT2D eigenvalue weighted by molar-refractivity contribution is -0.124. The zero-order chi connectivity index (χ0) is 19.9. The highest BCUT2D eigenvalue weighted by Crippen LogP contribution is 2.40. The third kappa shape index (κ3) is 3.45. The molecule has 5 heteroatoms. The summed E-state index contributed by atoms with van der Waals surface area (Å²) in [5.74, 6) is -0.180. The van der Waals surface area contributed by atoms with Crippen LogP contribution in [-0.4, -0.2) is 34.2 Å². The van der Waals surface area contributed by atoms with Crippen LogP contribution in [0.2, 0.25) is 0 Å². The van der Waals surface area contributed by atoms with E-state index in [1.54, 1.807) is 0 Å². The molecule has 2 aliphatic heterocycles. The number of benzene rings is 1. The van der Waals surface area contributed by atoms with Gasteiger partial charge in [0.1, 0.15) is 0 Å². The molecule has 0 spiro atoms. The van der Waals surface area contributed by atoms with Crippen LogP contribution in [-0.2, 0) is 4.79 Å². The van der Waals surface area contributed by atoms with Gasteiger partial charge in [-0.1, -0.05) is 19.1 Å². The number of likely N-dealkylation sites (N-methyl/N-ethyl adjacent to an activating group) is 1. The Labute approximate surface area is 166 Å². The number of imide groups is 1. The predicted octanol–water partition coefficient (Wildman–Crippen LogP) is 5.54. The second-order valence-electron chi connectivity index (χ2n) is 7.81. The highest BCUT2D eigenvalue weighted by atomic mass is 32.2. The SMILES string of the molecule is CCC(C)N1C(=O)S/C(=C\c2ccc3c(c2)C(C)=CC(C)(C)N3CC)C1=O. The maximum atomic E-state index is 12.7. The second-order valence-corrected chi connectivity index (χ2v) is 8.80. The van der Waals surface area contributed by atoms with Crippen LogP contribution in [0, 0.1) is 0 Å². The van der Waals surface area contributed by atoms with Crippen LogP contribution in [0.4, 0.5) is 10.5 Å². The summed E-state index contributed by atoms with van der Waals surface area (Å²) in [4.78, 5) is 29.2. The van der Waals surface area contributed by atoms with Crippen molar-refractivity contribution in [2.24, 2.45) is 0 Å². The minimum atomic E-state index is -0.180. The summed E-state index contributed by atoms with van der Waals surface area (Å²) >= 11 is 1.04. The van der Waals surface area contributed by atoms with Crippen molar-refractivity contribution in [1.82, 2.24) is 4.90 Å². The van der Waals surface area contributed by atoms with E-state index in [9.17, 15) is 9.59 Å². The van der Waals surface area contributed by atoms with Gasteiger partial charge in [0.15, 0.2) is 0 Å². The maximum absolute atomic E-state index is 12.7. The fourth-order valence-electron chi connectivity index (χ4n) is 3.96. The van der Waals surface area contributed by atoms with Gasteiger partial charge in [0.25, 0.3) is 11.1 Å². The van der Waals surface area contributed by atoms with Gasteiger partial charge in [0, 0.05) is 23.8 Å². The minimum Gasteiger partial charge on any atom is -0.363 e. The number of carbonyl (C=O) groups excluding carboxylic acids is 2. The molecule has 0 saturated carbocycles. The number of carbonyl (C=O) groups is 2. The normalized spacial score (nSPS) is 21.6. The molecule has 1 atom stereocenters. The number of fused-ring (bicyclic) bond motifs is 1. The molecular formula is C22H28N2O2S. The van der Waals surface area contributed by atoms with Crippen LogP contribution in [0.5, 0.6) is 0 Å². The zero-order valence-corrected chi connectivity index (χ0v) is 17.8. The van der Waals surface area contributed by atoms with Crippen molar-refractivity contribution in [3.63, 3.8) is 0 Å². The predicted molar refractivity (Wildman–Crippen MR) is 115 cm³/mol. The first-order valence-electron chi connectivity index (χ1n) is 9.58. The van der Waals surface area contributed by atoms with E-state index in [0.29, 0.717) is 4.91 Å². The van der Waals surface area contributed by atoms with Gasteiger partial charge in [-0.2, -0.15) is 0 Å². The molecule has 1 aromatic carbocycles. The molecule has 0 radical (unpaired) electrons. The lowest BCUT2D eigenvalue weighted by atomic mass is 9.88. The summed E-state index contributed by atoms with van der Waals surface area (Å²) in [5.41, 5.74) is 4.57.